The minimum atomic E-state index is -0.130. The van der Waals surface area contributed by atoms with Crippen LogP contribution in [-0.2, 0) is 0 Å². The maximum Gasteiger partial charge on any atom is 0.0721 e. The van der Waals surface area contributed by atoms with Crippen LogP contribution in [0.2, 0.25) is 10.0 Å². The second-order valence-corrected chi connectivity index (χ2v) is 5.86. The largest absolute Gasteiger partial charge is 0.271 e. The average molecular weight is 393 g/mol. The molecule has 2 aromatic carbocycles. The molecule has 3 N–H and O–H groups in total. The van der Waals surface area contributed by atoms with Crippen molar-refractivity contribution in [2.45, 2.75) is 6.04 Å². The Bertz CT molecular complexity index is 560. The fraction of sp³-hybridized carbons (Fsp3) is 0.0769. The average Bonchev–Trinajstić information content (AvgIpc) is 2.35. The van der Waals surface area contributed by atoms with Gasteiger partial charge in [-0.3, -0.25) is 5.84 Å². The molecule has 0 saturated carbocycles. The summed E-state index contributed by atoms with van der Waals surface area (Å²) in [4.78, 5) is 0. The SMILES string of the molecule is NNC(c1cccc(Cl)c1)c1cc(Cl)ccc1I. The molecule has 2 nitrogen and oxygen atoms in total. The Balaban J connectivity index is 2.48. The third kappa shape index (κ3) is 3.16. The first-order valence-corrected chi connectivity index (χ1v) is 7.12. The summed E-state index contributed by atoms with van der Waals surface area (Å²) in [7, 11) is 0. The van der Waals surface area contributed by atoms with E-state index in [1.165, 1.54) is 0 Å². The molecule has 5 heteroatoms. The van der Waals surface area contributed by atoms with Gasteiger partial charge in [0.05, 0.1) is 6.04 Å². The number of nitrogens with two attached hydrogens (primary N) is 1. The Morgan fingerprint density at radius 3 is 2.44 bits per heavy atom. The molecule has 0 fully saturated rings. The van der Waals surface area contributed by atoms with Crippen molar-refractivity contribution in [3.8, 4) is 0 Å². The molecule has 0 spiro atoms. The molecule has 1 unspecified atom stereocenters. The highest BCUT2D eigenvalue weighted by Crippen LogP contribution is 2.29. The Labute approximate surface area is 130 Å². The van der Waals surface area contributed by atoms with Gasteiger partial charge < -0.3 is 0 Å². The molecule has 0 heterocycles. The third-order valence-electron chi connectivity index (χ3n) is 2.62. The van der Waals surface area contributed by atoms with Crippen LogP contribution in [0.3, 0.4) is 0 Å². The van der Waals surface area contributed by atoms with Gasteiger partial charge in [0, 0.05) is 13.6 Å². The van der Waals surface area contributed by atoms with Gasteiger partial charge in [-0.1, -0.05) is 35.3 Å². The minimum Gasteiger partial charge on any atom is -0.271 e. The van der Waals surface area contributed by atoms with Crippen molar-refractivity contribution in [3.63, 3.8) is 0 Å². The molecule has 94 valence electrons. The van der Waals surface area contributed by atoms with Crippen LogP contribution < -0.4 is 11.3 Å². The second-order valence-electron chi connectivity index (χ2n) is 3.82. The van der Waals surface area contributed by atoms with Crippen molar-refractivity contribution in [3.05, 3.63) is 67.2 Å². The molecule has 2 aromatic rings. The summed E-state index contributed by atoms with van der Waals surface area (Å²) in [5.74, 6) is 5.67. The van der Waals surface area contributed by atoms with Gasteiger partial charge in [0.15, 0.2) is 0 Å². The highest BCUT2D eigenvalue weighted by atomic mass is 127. The molecule has 0 amide bonds. The van der Waals surface area contributed by atoms with Crippen molar-refractivity contribution in [2.24, 2.45) is 5.84 Å². The minimum absolute atomic E-state index is 0.130. The van der Waals surface area contributed by atoms with Crippen LogP contribution in [-0.4, -0.2) is 0 Å². The van der Waals surface area contributed by atoms with Gasteiger partial charge in [0.25, 0.3) is 0 Å². The molecule has 2 rings (SSSR count). The van der Waals surface area contributed by atoms with Crippen molar-refractivity contribution < 1.29 is 0 Å². The first kappa shape index (κ1) is 14.1. The molecular weight excluding hydrogens is 382 g/mol. The fourth-order valence-corrected chi connectivity index (χ4v) is 2.81. The van der Waals surface area contributed by atoms with Gasteiger partial charge >= 0.3 is 0 Å². The smallest absolute Gasteiger partial charge is 0.0721 e. The standard InChI is InChI=1S/C13H11Cl2IN2/c14-9-3-1-2-8(6-9)13(18-17)11-7-10(15)4-5-12(11)16/h1-7,13,18H,17H2. The predicted octanol–water partition coefficient (Wildman–Crippen LogP) is 4.15. The summed E-state index contributed by atoms with van der Waals surface area (Å²) >= 11 is 14.3. The molecule has 1 atom stereocenters. The van der Waals surface area contributed by atoms with E-state index >= 15 is 0 Å². The highest BCUT2D eigenvalue weighted by molar-refractivity contribution is 14.1. The zero-order valence-corrected chi connectivity index (χ0v) is 13.0. The maximum absolute atomic E-state index is 6.04. The first-order chi connectivity index (χ1) is 8.61. The van der Waals surface area contributed by atoms with Crippen LogP contribution in [0.4, 0.5) is 0 Å². The van der Waals surface area contributed by atoms with E-state index in [4.69, 9.17) is 29.0 Å². The topological polar surface area (TPSA) is 38.0 Å². The van der Waals surface area contributed by atoms with Crippen molar-refractivity contribution in [1.29, 1.82) is 0 Å². The van der Waals surface area contributed by atoms with E-state index in [0.717, 1.165) is 14.7 Å². The van der Waals surface area contributed by atoms with E-state index in [1.807, 2.05) is 42.5 Å². The zero-order valence-electron chi connectivity index (χ0n) is 9.33. The predicted molar refractivity (Wildman–Crippen MR) is 84.8 cm³/mol. The molecule has 0 saturated heterocycles. The van der Waals surface area contributed by atoms with E-state index in [2.05, 4.69) is 28.0 Å². The van der Waals surface area contributed by atoms with Gasteiger partial charge in [-0.05, 0) is 64.0 Å². The Hall–Kier alpha value is -0.330. The van der Waals surface area contributed by atoms with Crippen LogP contribution >= 0.6 is 45.8 Å². The summed E-state index contributed by atoms with van der Waals surface area (Å²) in [6, 6.07) is 13.2. The third-order valence-corrected chi connectivity index (χ3v) is 4.07. The van der Waals surface area contributed by atoms with Crippen LogP contribution in [0.1, 0.15) is 17.2 Å². The number of hydrazine groups is 1. The normalized spacial score (nSPS) is 12.4. The molecule has 0 bridgehead atoms. The van der Waals surface area contributed by atoms with Gasteiger partial charge in [-0.25, -0.2) is 5.43 Å². The lowest BCUT2D eigenvalue weighted by atomic mass is 9.99. The molecule has 0 aliphatic rings. The second kappa shape index (κ2) is 6.21. The number of nitrogens with one attached hydrogen (secondary N) is 1. The Morgan fingerprint density at radius 2 is 1.78 bits per heavy atom. The van der Waals surface area contributed by atoms with Crippen LogP contribution in [0, 0.1) is 3.57 Å². The zero-order chi connectivity index (χ0) is 13.1. The molecular formula is C13H11Cl2IN2. The van der Waals surface area contributed by atoms with Gasteiger partial charge in [0.2, 0.25) is 0 Å². The monoisotopic (exact) mass is 392 g/mol. The summed E-state index contributed by atoms with van der Waals surface area (Å²) in [6.45, 7) is 0. The molecule has 0 aromatic heterocycles. The van der Waals surface area contributed by atoms with E-state index in [0.29, 0.717) is 10.0 Å². The number of hydrogen-bond donors (Lipinski definition) is 2. The van der Waals surface area contributed by atoms with Crippen molar-refractivity contribution >= 4 is 45.8 Å². The molecule has 0 aliphatic heterocycles. The lowest BCUT2D eigenvalue weighted by Crippen LogP contribution is -2.29. The molecule has 0 aliphatic carbocycles. The number of hydrogen-bond acceptors (Lipinski definition) is 2. The van der Waals surface area contributed by atoms with Crippen molar-refractivity contribution in [1.82, 2.24) is 5.43 Å². The number of benzene rings is 2. The number of halogens is 3. The van der Waals surface area contributed by atoms with Crippen LogP contribution in [0.15, 0.2) is 42.5 Å². The van der Waals surface area contributed by atoms with E-state index in [9.17, 15) is 0 Å². The quantitative estimate of drug-likeness (QED) is 0.467. The summed E-state index contributed by atoms with van der Waals surface area (Å²) in [6.07, 6.45) is 0. The molecule has 18 heavy (non-hydrogen) atoms. The summed E-state index contributed by atoms with van der Waals surface area (Å²) < 4.78 is 1.10. The lowest BCUT2D eigenvalue weighted by molar-refractivity contribution is 0.634. The van der Waals surface area contributed by atoms with Crippen molar-refractivity contribution in [2.75, 3.05) is 0 Å². The Morgan fingerprint density at radius 1 is 1.06 bits per heavy atom. The van der Waals surface area contributed by atoms with E-state index < -0.39 is 0 Å². The maximum atomic E-state index is 6.04. The summed E-state index contributed by atoms with van der Waals surface area (Å²) in [5, 5.41) is 1.37. The van der Waals surface area contributed by atoms with E-state index in [1.54, 1.807) is 0 Å². The first-order valence-electron chi connectivity index (χ1n) is 5.28. The Kier molecular flexibility index (Phi) is 4.86. The van der Waals surface area contributed by atoms with Gasteiger partial charge in [-0.2, -0.15) is 0 Å². The number of rotatable bonds is 3. The van der Waals surface area contributed by atoms with Crippen LogP contribution in [0.5, 0.6) is 0 Å². The molecule has 0 radical (unpaired) electrons. The highest BCUT2D eigenvalue weighted by Gasteiger charge is 2.16. The van der Waals surface area contributed by atoms with E-state index in [-0.39, 0.29) is 6.04 Å². The van der Waals surface area contributed by atoms with Crippen LogP contribution in [0.25, 0.3) is 0 Å². The lowest BCUT2D eigenvalue weighted by Gasteiger charge is -2.19. The summed E-state index contributed by atoms with van der Waals surface area (Å²) in [5.41, 5.74) is 4.85. The van der Waals surface area contributed by atoms with Gasteiger partial charge in [0.1, 0.15) is 0 Å². The van der Waals surface area contributed by atoms with Gasteiger partial charge in [-0.15, -0.1) is 0 Å². The fourth-order valence-electron chi connectivity index (χ4n) is 1.79.